The van der Waals surface area contributed by atoms with Crippen LogP contribution in [0.15, 0.2) is 35.9 Å². The van der Waals surface area contributed by atoms with Crippen molar-refractivity contribution in [1.29, 1.82) is 0 Å². The Labute approximate surface area is 91.0 Å². The van der Waals surface area contributed by atoms with Gasteiger partial charge in [-0.05, 0) is 38.1 Å². The first-order valence-electron chi connectivity index (χ1n) is 5.27. The first-order chi connectivity index (χ1) is 7.13. The summed E-state index contributed by atoms with van der Waals surface area (Å²) in [6.45, 7) is 7.00. The minimum Gasteiger partial charge on any atom is -0.307 e. The fraction of sp³-hybridized carbons (Fsp3) is 0.385. The van der Waals surface area contributed by atoms with Gasteiger partial charge in [0.15, 0.2) is 0 Å². The summed E-state index contributed by atoms with van der Waals surface area (Å²) in [5.41, 5.74) is 2.20. The highest BCUT2D eigenvalue weighted by molar-refractivity contribution is 5.24. The van der Waals surface area contributed by atoms with Crippen molar-refractivity contribution in [3.8, 4) is 0 Å². The molecule has 1 atom stereocenters. The van der Waals surface area contributed by atoms with E-state index in [1.807, 2.05) is 26.8 Å². The largest absolute Gasteiger partial charge is 0.307 e. The molecule has 0 saturated heterocycles. The van der Waals surface area contributed by atoms with Crippen LogP contribution in [0.5, 0.6) is 0 Å². The van der Waals surface area contributed by atoms with E-state index in [1.165, 1.54) is 11.6 Å². The van der Waals surface area contributed by atoms with Gasteiger partial charge in [0.25, 0.3) is 0 Å². The molecule has 0 bridgehead atoms. The molecule has 0 heterocycles. The lowest BCUT2D eigenvalue weighted by molar-refractivity contribution is 0.609. The molecule has 0 aliphatic carbocycles. The second-order valence-electron chi connectivity index (χ2n) is 3.83. The standard InChI is InChI=1S/C13H18FN/c1-4-15-13(8-10(2)3)11-6-5-7-12(14)9-11/h5-9,13,15H,4H2,1-3H3. The summed E-state index contributed by atoms with van der Waals surface area (Å²) in [5.74, 6) is -0.183. The van der Waals surface area contributed by atoms with Gasteiger partial charge in [0.1, 0.15) is 5.82 Å². The van der Waals surface area contributed by atoms with Gasteiger partial charge in [0, 0.05) is 0 Å². The van der Waals surface area contributed by atoms with Gasteiger partial charge < -0.3 is 5.32 Å². The van der Waals surface area contributed by atoms with Gasteiger partial charge >= 0.3 is 0 Å². The van der Waals surface area contributed by atoms with Crippen LogP contribution in [0.3, 0.4) is 0 Å². The maximum atomic E-state index is 13.1. The van der Waals surface area contributed by atoms with Crippen LogP contribution in [-0.4, -0.2) is 6.54 Å². The van der Waals surface area contributed by atoms with Crippen LogP contribution in [-0.2, 0) is 0 Å². The predicted molar refractivity (Wildman–Crippen MR) is 62.2 cm³/mol. The van der Waals surface area contributed by atoms with E-state index in [1.54, 1.807) is 12.1 Å². The Kier molecular flexibility index (Phi) is 4.50. The SMILES string of the molecule is CCNC(C=C(C)C)c1cccc(F)c1. The van der Waals surface area contributed by atoms with Gasteiger partial charge in [0.05, 0.1) is 6.04 Å². The highest BCUT2D eigenvalue weighted by Crippen LogP contribution is 2.16. The van der Waals surface area contributed by atoms with Crippen LogP contribution in [0, 0.1) is 5.82 Å². The van der Waals surface area contributed by atoms with Crippen molar-refractivity contribution in [2.24, 2.45) is 0 Å². The number of benzene rings is 1. The van der Waals surface area contributed by atoms with E-state index >= 15 is 0 Å². The van der Waals surface area contributed by atoms with Crippen molar-refractivity contribution in [2.75, 3.05) is 6.54 Å². The molecule has 1 N–H and O–H groups in total. The molecule has 15 heavy (non-hydrogen) atoms. The molecule has 1 nitrogen and oxygen atoms in total. The smallest absolute Gasteiger partial charge is 0.123 e. The van der Waals surface area contributed by atoms with Gasteiger partial charge in [-0.3, -0.25) is 0 Å². The average molecular weight is 207 g/mol. The summed E-state index contributed by atoms with van der Waals surface area (Å²) in [7, 11) is 0. The molecule has 0 fully saturated rings. The zero-order valence-corrected chi connectivity index (χ0v) is 9.55. The molecule has 1 aromatic carbocycles. The number of hydrogen-bond acceptors (Lipinski definition) is 1. The highest BCUT2D eigenvalue weighted by atomic mass is 19.1. The van der Waals surface area contributed by atoms with E-state index in [-0.39, 0.29) is 11.9 Å². The summed E-state index contributed by atoms with van der Waals surface area (Å²) >= 11 is 0. The molecule has 0 saturated carbocycles. The van der Waals surface area contributed by atoms with Crippen molar-refractivity contribution in [1.82, 2.24) is 5.32 Å². The first-order valence-corrected chi connectivity index (χ1v) is 5.27. The Morgan fingerprint density at radius 3 is 2.73 bits per heavy atom. The third-order valence-corrected chi connectivity index (χ3v) is 2.13. The van der Waals surface area contributed by atoms with E-state index in [9.17, 15) is 4.39 Å². The predicted octanol–water partition coefficient (Wildman–Crippen LogP) is 3.44. The van der Waals surface area contributed by atoms with Gasteiger partial charge in [-0.2, -0.15) is 0 Å². The molecule has 1 unspecified atom stereocenters. The zero-order valence-electron chi connectivity index (χ0n) is 9.55. The van der Waals surface area contributed by atoms with E-state index in [0.29, 0.717) is 0 Å². The maximum absolute atomic E-state index is 13.1. The lowest BCUT2D eigenvalue weighted by atomic mass is 10.0. The summed E-state index contributed by atoms with van der Waals surface area (Å²) in [6, 6.07) is 6.83. The molecule has 2 heteroatoms. The molecule has 0 aliphatic heterocycles. The summed E-state index contributed by atoms with van der Waals surface area (Å²) < 4.78 is 13.1. The molecule has 0 amide bonds. The molecule has 1 aromatic rings. The van der Waals surface area contributed by atoms with Crippen LogP contribution in [0.1, 0.15) is 32.4 Å². The molecule has 0 spiro atoms. The van der Waals surface area contributed by atoms with Gasteiger partial charge in [-0.15, -0.1) is 0 Å². The third kappa shape index (κ3) is 3.84. The zero-order chi connectivity index (χ0) is 11.3. The monoisotopic (exact) mass is 207 g/mol. The van der Waals surface area contributed by atoms with Crippen molar-refractivity contribution < 1.29 is 4.39 Å². The molecule has 1 rings (SSSR count). The van der Waals surface area contributed by atoms with Gasteiger partial charge in [0.2, 0.25) is 0 Å². The minimum atomic E-state index is -0.183. The van der Waals surface area contributed by atoms with Crippen LogP contribution < -0.4 is 5.32 Å². The minimum absolute atomic E-state index is 0.107. The average Bonchev–Trinajstić information content (AvgIpc) is 2.16. The number of rotatable bonds is 4. The van der Waals surface area contributed by atoms with Crippen molar-refractivity contribution >= 4 is 0 Å². The van der Waals surface area contributed by atoms with Crippen LogP contribution >= 0.6 is 0 Å². The molecular weight excluding hydrogens is 189 g/mol. The van der Waals surface area contributed by atoms with E-state index in [4.69, 9.17) is 0 Å². The number of hydrogen-bond donors (Lipinski definition) is 1. The molecule has 0 aliphatic rings. The summed E-state index contributed by atoms with van der Waals surface area (Å²) in [6.07, 6.45) is 2.11. The van der Waals surface area contributed by atoms with Crippen molar-refractivity contribution in [3.63, 3.8) is 0 Å². The number of nitrogens with one attached hydrogen (secondary N) is 1. The van der Waals surface area contributed by atoms with Crippen LogP contribution in [0.2, 0.25) is 0 Å². The first kappa shape index (κ1) is 11.9. The molecule has 82 valence electrons. The molecule has 0 radical (unpaired) electrons. The Morgan fingerprint density at radius 1 is 1.47 bits per heavy atom. The quantitative estimate of drug-likeness (QED) is 0.746. The van der Waals surface area contributed by atoms with Gasteiger partial charge in [-0.1, -0.05) is 30.7 Å². The van der Waals surface area contributed by atoms with Crippen LogP contribution in [0.25, 0.3) is 0 Å². The van der Waals surface area contributed by atoms with Gasteiger partial charge in [-0.25, -0.2) is 4.39 Å². The molecular formula is C13H18FN. The fourth-order valence-corrected chi connectivity index (χ4v) is 1.53. The summed E-state index contributed by atoms with van der Waals surface area (Å²) in [5, 5.41) is 3.31. The molecule has 0 aromatic heterocycles. The highest BCUT2D eigenvalue weighted by Gasteiger charge is 2.07. The second-order valence-corrected chi connectivity index (χ2v) is 3.83. The van der Waals surface area contributed by atoms with E-state index in [2.05, 4.69) is 11.4 Å². The number of allylic oxidation sites excluding steroid dienone is 1. The lowest BCUT2D eigenvalue weighted by Gasteiger charge is -2.15. The lowest BCUT2D eigenvalue weighted by Crippen LogP contribution is -2.19. The van der Waals surface area contributed by atoms with Crippen molar-refractivity contribution in [3.05, 3.63) is 47.3 Å². The fourth-order valence-electron chi connectivity index (χ4n) is 1.53. The Morgan fingerprint density at radius 2 is 2.20 bits per heavy atom. The topological polar surface area (TPSA) is 12.0 Å². The summed E-state index contributed by atoms with van der Waals surface area (Å²) in [4.78, 5) is 0. The van der Waals surface area contributed by atoms with Crippen molar-refractivity contribution in [2.45, 2.75) is 26.8 Å². The Balaban J connectivity index is 2.93. The Bertz CT molecular complexity index is 340. The normalized spacial score (nSPS) is 12.3. The maximum Gasteiger partial charge on any atom is 0.123 e. The third-order valence-electron chi connectivity index (χ3n) is 2.13. The second kappa shape index (κ2) is 5.66. The Hall–Kier alpha value is -1.15. The van der Waals surface area contributed by atoms with E-state index in [0.717, 1.165) is 12.1 Å². The van der Waals surface area contributed by atoms with Crippen LogP contribution in [0.4, 0.5) is 4.39 Å². The number of halogens is 1. The van der Waals surface area contributed by atoms with E-state index < -0.39 is 0 Å². The number of likely N-dealkylation sites (N-methyl/N-ethyl adjacent to an activating group) is 1.